The Labute approximate surface area is 160 Å². The minimum atomic E-state index is -0.657. The molecule has 150 valence electrons. The van der Waals surface area contributed by atoms with Gasteiger partial charge >= 0.3 is 0 Å². The lowest BCUT2D eigenvalue weighted by Gasteiger charge is -2.36. The Balaban J connectivity index is 1.43. The monoisotopic (exact) mass is 377 g/mol. The fourth-order valence-corrected chi connectivity index (χ4v) is 3.91. The van der Waals surface area contributed by atoms with Gasteiger partial charge < -0.3 is 15.3 Å². The number of aromatic amines is 1. The Kier molecular flexibility index (Phi) is 6.49. The number of rotatable bonds is 6. The first-order valence-corrected chi connectivity index (χ1v) is 9.89. The molecule has 2 aliphatic rings. The SMILES string of the molecule is CN(C)C(=O)CN1CC[C@@H](NC(=O)CCc2n[nH]c3c2CCCC3)[C@H](O)C1. The molecule has 1 saturated heterocycles. The van der Waals surface area contributed by atoms with Crippen LogP contribution in [0.25, 0.3) is 0 Å². The van der Waals surface area contributed by atoms with E-state index in [9.17, 15) is 14.7 Å². The Hall–Kier alpha value is -1.93. The molecule has 1 aromatic rings. The number of hydrogen-bond donors (Lipinski definition) is 3. The van der Waals surface area contributed by atoms with Crippen molar-refractivity contribution in [3.8, 4) is 0 Å². The number of β-amino-alcohol motifs (C(OH)–C–C–N with tert-alkyl or cyclic N) is 1. The summed E-state index contributed by atoms with van der Waals surface area (Å²) >= 11 is 0. The molecule has 2 heterocycles. The summed E-state index contributed by atoms with van der Waals surface area (Å²) in [7, 11) is 3.45. The van der Waals surface area contributed by atoms with Gasteiger partial charge in [0.15, 0.2) is 0 Å². The molecule has 1 aliphatic carbocycles. The van der Waals surface area contributed by atoms with Gasteiger partial charge in [0.1, 0.15) is 0 Å². The highest BCUT2D eigenvalue weighted by Gasteiger charge is 2.30. The van der Waals surface area contributed by atoms with Crippen LogP contribution in [0.4, 0.5) is 0 Å². The second-order valence-electron chi connectivity index (χ2n) is 7.89. The van der Waals surface area contributed by atoms with E-state index in [-0.39, 0.29) is 17.9 Å². The van der Waals surface area contributed by atoms with Gasteiger partial charge in [-0.15, -0.1) is 0 Å². The average molecular weight is 377 g/mol. The fourth-order valence-electron chi connectivity index (χ4n) is 3.91. The summed E-state index contributed by atoms with van der Waals surface area (Å²) in [5.74, 6) is -0.0311. The number of aromatic nitrogens is 2. The first-order valence-electron chi connectivity index (χ1n) is 9.89. The Morgan fingerprint density at radius 1 is 1.33 bits per heavy atom. The molecule has 2 amide bonds. The zero-order valence-corrected chi connectivity index (χ0v) is 16.3. The molecule has 2 atom stereocenters. The molecule has 0 aromatic carbocycles. The number of carbonyl (C=O) groups is 2. The number of aryl methyl sites for hydroxylation is 2. The van der Waals surface area contributed by atoms with E-state index in [2.05, 4.69) is 15.5 Å². The minimum absolute atomic E-state index is 0.0204. The van der Waals surface area contributed by atoms with Gasteiger partial charge in [0, 0.05) is 45.7 Å². The number of aliphatic hydroxyl groups excluding tert-OH is 1. The van der Waals surface area contributed by atoms with Gasteiger partial charge in [-0.25, -0.2) is 0 Å². The van der Waals surface area contributed by atoms with Crippen LogP contribution in [-0.2, 0) is 28.9 Å². The number of piperidine rings is 1. The van der Waals surface area contributed by atoms with Gasteiger partial charge in [0.05, 0.1) is 24.4 Å². The third-order valence-electron chi connectivity index (χ3n) is 5.60. The van der Waals surface area contributed by atoms with Gasteiger partial charge in [-0.2, -0.15) is 5.10 Å². The summed E-state index contributed by atoms with van der Waals surface area (Å²) < 4.78 is 0. The Bertz CT molecular complexity index is 672. The molecular formula is C19H31N5O3. The summed E-state index contributed by atoms with van der Waals surface area (Å²) in [6.07, 6.45) is 5.48. The van der Waals surface area contributed by atoms with E-state index in [0.29, 0.717) is 38.9 Å². The van der Waals surface area contributed by atoms with Crippen LogP contribution in [-0.4, -0.2) is 82.8 Å². The molecular weight excluding hydrogens is 346 g/mol. The third kappa shape index (κ3) is 5.07. The zero-order chi connectivity index (χ0) is 19.4. The van der Waals surface area contributed by atoms with Crippen LogP contribution < -0.4 is 5.32 Å². The van der Waals surface area contributed by atoms with Crippen LogP contribution in [0.3, 0.4) is 0 Å². The van der Waals surface area contributed by atoms with Crippen molar-refractivity contribution in [1.29, 1.82) is 0 Å². The van der Waals surface area contributed by atoms with Crippen molar-refractivity contribution in [2.45, 2.75) is 57.1 Å². The molecule has 0 spiro atoms. The summed E-state index contributed by atoms with van der Waals surface area (Å²) in [5.41, 5.74) is 3.54. The van der Waals surface area contributed by atoms with Crippen molar-refractivity contribution >= 4 is 11.8 Å². The summed E-state index contributed by atoms with van der Waals surface area (Å²) in [5, 5.41) is 20.8. The molecule has 0 bridgehead atoms. The molecule has 0 saturated carbocycles. The fraction of sp³-hybridized carbons (Fsp3) is 0.737. The van der Waals surface area contributed by atoms with Crippen molar-refractivity contribution in [3.05, 3.63) is 17.0 Å². The Morgan fingerprint density at radius 3 is 2.85 bits per heavy atom. The molecule has 8 nitrogen and oxygen atoms in total. The van der Waals surface area contributed by atoms with Gasteiger partial charge in [-0.3, -0.25) is 19.6 Å². The van der Waals surface area contributed by atoms with E-state index in [1.165, 1.54) is 24.1 Å². The highest BCUT2D eigenvalue weighted by atomic mass is 16.3. The van der Waals surface area contributed by atoms with Crippen molar-refractivity contribution in [2.24, 2.45) is 0 Å². The van der Waals surface area contributed by atoms with E-state index in [1.54, 1.807) is 19.0 Å². The second kappa shape index (κ2) is 8.84. The lowest BCUT2D eigenvalue weighted by molar-refractivity contribution is -0.131. The topological polar surface area (TPSA) is 102 Å². The maximum Gasteiger partial charge on any atom is 0.236 e. The molecule has 0 radical (unpaired) electrons. The van der Waals surface area contributed by atoms with Crippen LogP contribution in [0.15, 0.2) is 0 Å². The van der Waals surface area contributed by atoms with Crippen LogP contribution in [0.1, 0.15) is 42.6 Å². The highest BCUT2D eigenvalue weighted by Crippen LogP contribution is 2.23. The quantitative estimate of drug-likeness (QED) is 0.641. The van der Waals surface area contributed by atoms with Crippen molar-refractivity contribution < 1.29 is 14.7 Å². The molecule has 1 aliphatic heterocycles. The number of hydrogen-bond acceptors (Lipinski definition) is 5. The van der Waals surface area contributed by atoms with Crippen molar-refractivity contribution in [2.75, 3.05) is 33.7 Å². The third-order valence-corrected chi connectivity index (χ3v) is 5.60. The number of aliphatic hydroxyl groups is 1. The summed E-state index contributed by atoms with van der Waals surface area (Å²) in [6.45, 7) is 1.39. The number of fused-ring (bicyclic) bond motifs is 1. The molecule has 0 unspecified atom stereocenters. The predicted octanol–water partition coefficient (Wildman–Crippen LogP) is -0.139. The van der Waals surface area contributed by atoms with Crippen LogP contribution >= 0.6 is 0 Å². The smallest absolute Gasteiger partial charge is 0.236 e. The lowest BCUT2D eigenvalue weighted by Crippen LogP contribution is -2.55. The van der Waals surface area contributed by atoms with Crippen LogP contribution in [0, 0.1) is 0 Å². The number of nitrogens with zero attached hydrogens (tertiary/aromatic N) is 3. The maximum atomic E-state index is 12.3. The van der Waals surface area contributed by atoms with E-state index in [4.69, 9.17) is 0 Å². The van der Waals surface area contributed by atoms with E-state index < -0.39 is 6.10 Å². The summed E-state index contributed by atoms with van der Waals surface area (Å²) in [6, 6.07) is -0.253. The second-order valence-corrected chi connectivity index (χ2v) is 7.89. The van der Waals surface area contributed by atoms with Gasteiger partial charge in [-0.05, 0) is 37.7 Å². The average Bonchev–Trinajstić information content (AvgIpc) is 3.05. The van der Waals surface area contributed by atoms with Crippen LogP contribution in [0.2, 0.25) is 0 Å². The number of likely N-dealkylation sites (tertiary alicyclic amines) is 1. The molecule has 1 fully saturated rings. The van der Waals surface area contributed by atoms with Crippen molar-refractivity contribution in [3.63, 3.8) is 0 Å². The van der Waals surface area contributed by atoms with Gasteiger partial charge in [-0.1, -0.05) is 0 Å². The van der Waals surface area contributed by atoms with Gasteiger partial charge in [0.25, 0.3) is 0 Å². The standard InChI is InChI=1S/C19H31N5O3/c1-23(2)19(27)12-24-10-9-16(17(25)11-24)20-18(26)8-7-15-13-5-3-4-6-14(13)21-22-15/h16-17,25H,3-12H2,1-2H3,(H,20,26)(H,21,22)/t16-,17-/m1/s1. The first kappa shape index (κ1) is 19.8. The number of H-pyrrole nitrogens is 1. The number of amides is 2. The number of nitrogens with one attached hydrogen (secondary N) is 2. The maximum absolute atomic E-state index is 12.3. The Morgan fingerprint density at radius 2 is 2.11 bits per heavy atom. The molecule has 27 heavy (non-hydrogen) atoms. The molecule has 3 N–H and O–H groups in total. The van der Waals surface area contributed by atoms with E-state index >= 15 is 0 Å². The van der Waals surface area contributed by atoms with Crippen LogP contribution in [0.5, 0.6) is 0 Å². The minimum Gasteiger partial charge on any atom is -0.390 e. The zero-order valence-electron chi connectivity index (χ0n) is 16.3. The highest BCUT2D eigenvalue weighted by molar-refractivity contribution is 5.78. The number of carbonyl (C=O) groups excluding carboxylic acids is 2. The van der Waals surface area contributed by atoms with Crippen molar-refractivity contribution in [1.82, 2.24) is 25.3 Å². The first-order chi connectivity index (χ1) is 12.9. The lowest BCUT2D eigenvalue weighted by atomic mass is 9.94. The van der Waals surface area contributed by atoms with Gasteiger partial charge in [0.2, 0.25) is 11.8 Å². The largest absolute Gasteiger partial charge is 0.390 e. The molecule has 3 rings (SSSR count). The van der Waals surface area contributed by atoms with E-state index in [0.717, 1.165) is 18.5 Å². The number of likely N-dealkylation sites (N-methyl/N-ethyl adjacent to an activating group) is 1. The van der Waals surface area contributed by atoms with E-state index in [1.807, 2.05) is 4.90 Å². The normalized spacial score (nSPS) is 22.9. The molecule has 8 heteroatoms. The molecule has 1 aromatic heterocycles. The predicted molar refractivity (Wildman–Crippen MR) is 101 cm³/mol. The summed E-state index contributed by atoms with van der Waals surface area (Å²) in [4.78, 5) is 27.6.